The SMILES string of the molecule is OC1(CN2CCn3c(nnc3C(F)(F)F)C2)CCCCC1. The Hall–Kier alpha value is -1.15. The molecule has 0 aromatic carbocycles. The van der Waals surface area contributed by atoms with E-state index in [4.69, 9.17) is 0 Å². The van der Waals surface area contributed by atoms with Crippen molar-refractivity contribution in [2.75, 3.05) is 13.1 Å². The Morgan fingerprint density at radius 2 is 1.81 bits per heavy atom. The van der Waals surface area contributed by atoms with Gasteiger partial charge in [-0.15, -0.1) is 10.2 Å². The maximum absolute atomic E-state index is 12.8. The largest absolute Gasteiger partial charge is 0.451 e. The summed E-state index contributed by atoms with van der Waals surface area (Å²) in [4.78, 5) is 1.98. The van der Waals surface area contributed by atoms with E-state index in [1.165, 1.54) is 0 Å². The van der Waals surface area contributed by atoms with Crippen molar-refractivity contribution in [3.8, 4) is 0 Å². The van der Waals surface area contributed by atoms with Crippen LogP contribution in [0.4, 0.5) is 13.2 Å². The van der Waals surface area contributed by atoms with Crippen LogP contribution < -0.4 is 0 Å². The van der Waals surface area contributed by atoms with Gasteiger partial charge in [-0.2, -0.15) is 13.2 Å². The molecule has 3 rings (SSSR count). The molecule has 1 aromatic rings. The van der Waals surface area contributed by atoms with Gasteiger partial charge in [-0.1, -0.05) is 19.3 Å². The first-order valence-electron chi connectivity index (χ1n) is 7.31. The van der Waals surface area contributed by atoms with E-state index < -0.39 is 17.6 Å². The molecule has 1 aliphatic carbocycles. The summed E-state index contributed by atoms with van der Waals surface area (Å²) in [5, 5.41) is 17.5. The van der Waals surface area contributed by atoms with Gasteiger partial charge in [-0.05, 0) is 12.8 Å². The molecular formula is C13H19F3N4O. The van der Waals surface area contributed by atoms with Gasteiger partial charge in [0.2, 0.25) is 5.82 Å². The van der Waals surface area contributed by atoms with Gasteiger partial charge in [0.1, 0.15) is 5.82 Å². The van der Waals surface area contributed by atoms with Crippen molar-refractivity contribution in [1.82, 2.24) is 19.7 Å². The second-order valence-electron chi connectivity index (χ2n) is 6.08. The monoisotopic (exact) mass is 304 g/mol. The van der Waals surface area contributed by atoms with E-state index in [-0.39, 0.29) is 6.54 Å². The number of fused-ring (bicyclic) bond motifs is 1. The minimum Gasteiger partial charge on any atom is -0.389 e. The number of aromatic nitrogens is 3. The average molecular weight is 304 g/mol. The molecule has 8 heteroatoms. The van der Waals surface area contributed by atoms with Crippen LogP contribution in [0.5, 0.6) is 0 Å². The fraction of sp³-hybridized carbons (Fsp3) is 0.846. The van der Waals surface area contributed by atoms with Crippen LogP contribution in [0, 0.1) is 0 Å². The van der Waals surface area contributed by atoms with Crippen LogP contribution in [-0.2, 0) is 19.3 Å². The van der Waals surface area contributed by atoms with E-state index in [1.54, 1.807) is 0 Å². The lowest BCUT2D eigenvalue weighted by Gasteiger charge is -2.38. The third-order valence-electron chi connectivity index (χ3n) is 4.39. The normalized spacial score (nSPS) is 23.0. The molecule has 5 nitrogen and oxygen atoms in total. The predicted molar refractivity (Wildman–Crippen MR) is 68.3 cm³/mol. The van der Waals surface area contributed by atoms with Crippen molar-refractivity contribution < 1.29 is 18.3 Å². The smallest absolute Gasteiger partial charge is 0.389 e. The maximum atomic E-state index is 12.8. The lowest BCUT2D eigenvalue weighted by Crippen LogP contribution is -2.47. The number of β-amino-alcohol motifs (C(OH)–C–C–N with tert-alkyl or cyclic N) is 1. The van der Waals surface area contributed by atoms with Crippen LogP contribution >= 0.6 is 0 Å². The highest BCUT2D eigenvalue weighted by Gasteiger charge is 2.40. The first-order valence-corrected chi connectivity index (χ1v) is 7.31. The van der Waals surface area contributed by atoms with Gasteiger partial charge in [-0.25, -0.2) is 0 Å². The Morgan fingerprint density at radius 3 is 2.48 bits per heavy atom. The van der Waals surface area contributed by atoms with Crippen LogP contribution in [0.15, 0.2) is 0 Å². The summed E-state index contributed by atoms with van der Waals surface area (Å²) in [6, 6.07) is 0. The summed E-state index contributed by atoms with van der Waals surface area (Å²) in [6.07, 6.45) is 0.242. The van der Waals surface area contributed by atoms with Crippen LogP contribution in [-0.4, -0.2) is 43.5 Å². The molecule has 2 heterocycles. The second kappa shape index (κ2) is 5.24. The quantitative estimate of drug-likeness (QED) is 0.905. The van der Waals surface area contributed by atoms with E-state index in [0.717, 1.165) is 36.7 Å². The molecule has 1 aliphatic heterocycles. The maximum Gasteiger partial charge on any atom is 0.451 e. The van der Waals surface area contributed by atoms with Crippen molar-refractivity contribution in [2.45, 2.75) is 57.0 Å². The molecule has 0 spiro atoms. The van der Waals surface area contributed by atoms with Gasteiger partial charge < -0.3 is 9.67 Å². The summed E-state index contributed by atoms with van der Waals surface area (Å²) >= 11 is 0. The summed E-state index contributed by atoms with van der Waals surface area (Å²) < 4.78 is 39.4. The molecule has 0 radical (unpaired) electrons. The summed E-state index contributed by atoms with van der Waals surface area (Å²) in [5.74, 6) is -0.596. The Balaban J connectivity index is 1.69. The molecule has 1 fully saturated rings. The number of aliphatic hydroxyl groups is 1. The highest BCUT2D eigenvalue weighted by Crippen LogP contribution is 2.32. The topological polar surface area (TPSA) is 54.2 Å². The fourth-order valence-corrected chi connectivity index (χ4v) is 3.34. The zero-order chi connectivity index (χ0) is 15.1. The van der Waals surface area contributed by atoms with Crippen LogP contribution in [0.2, 0.25) is 0 Å². The third kappa shape index (κ3) is 3.06. The summed E-state index contributed by atoms with van der Waals surface area (Å²) in [7, 11) is 0. The molecule has 0 atom stereocenters. The summed E-state index contributed by atoms with van der Waals surface area (Å²) in [6.45, 7) is 1.51. The van der Waals surface area contributed by atoms with E-state index in [1.807, 2.05) is 4.90 Å². The van der Waals surface area contributed by atoms with Crippen molar-refractivity contribution in [3.05, 3.63) is 11.6 Å². The van der Waals surface area contributed by atoms with Gasteiger partial charge >= 0.3 is 6.18 Å². The van der Waals surface area contributed by atoms with Gasteiger partial charge in [0.05, 0.1) is 12.1 Å². The van der Waals surface area contributed by atoms with Gasteiger partial charge in [0.15, 0.2) is 0 Å². The van der Waals surface area contributed by atoms with E-state index in [2.05, 4.69) is 10.2 Å². The number of nitrogens with zero attached hydrogens (tertiary/aromatic N) is 4. The third-order valence-corrected chi connectivity index (χ3v) is 4.39. The molecule has 21 heavy (non-hydrogen) atoms. The van der Waals surface area contributed by atoms with Crippen molar-refractivity contribution in [1.29, 1.82) is 0 Å². The molecule has 0 saturated heterocycles. The number of rotatable bonds is 2. The highest BCUT2D eigenvalue weighted by molar-refractivity contribution is 5.03. The van der Waals surface area contributed by atoms with Gasteiger partial charge in [0, 0.05) is 19.6 Å². The Morgan fingerprint density at radius 1 is 1.10 bits per heavy atom. The Bertz CT molecular complexity index is 508. The van der Waals surface area contributed by atoms with Crippen molar-refractivity contribution in [2.24, 2.45) is 0 Å². The predicted octanol–water partition coefficient (Wildman–Crippen LogP) is 1.81. The minimum absolute atomic E-state index is 0.216. The lowest BCUT2D eigenvalue weighted by molar-refractivity contribution is -0.148. The van der Waals surface area contributed by atoms with E-state index in [0.29, 0.717) is 25.5 Å². The molecule has 0 bridgehead atoms. The Kier molecular flexibility index (Phi) is 3.69. The Labute approximate surface area is 120 Å². The van der Waals surface area contributed by atoms with E-state index in [9.17, 15) is 18.3 Å². The standard InChI is InChI=1S/C13H19F3N4O/c14-13(15,16)11-18-17-10-8-19(6-7-20(10)11)9-12(21)4-2-1-3-5-12/h21H,1-9H2. The second-order valence-corrected chi connectivity index (χ2v) is 6.08. The molecule has 0 amide bonds. The number of halogens is 3. The van der Waals surface area contributed by atoms with Gasteiger partial charge in [-0.3, -0.25) is 4.90 Å². The minimum atomic E-state index is -4.46. The van der Waals surface area contributed by atoms with Crippen LogP contribution in [0.25, 0.3) is 0 Å². The first-order chi connectivity index (χ1) is 9.87. The van der Waals surface area contributed by atoms with Crippen LogP contribution in [0.1, 0.15) is 43.8 Å². The molecule has 2 aliphatic rings. The molecule has 118 valence electrons. The zero-order valence-corrected chi connectivity index (χ0v) is 11.7. The lowest BCUT2D eigenvalue weighted by atomic mass is 9.84. The highest BCUT2D eigenvalue weighted by atomic mass is 19.4. The molecule has 1 aromatic heterocycles. The zero-order valence-electron chi connectivity index (χ0n) is 11.7. The van der Waals surface area contributed by atoms with Crippen molar-refractivity contribution >= 4 is 0 Å². The molecular weight excluding hydrogens is 285 g/mol. The molecule has 1 saturated carbocycles. The number of hydrogen-bond donors (Lipinski definition) is 1. The van der Waals surface area contributed by atoms with Crippen LogP contribution in [0.3, 0.4) is 0 Å². The molecule has 0 unspecified atom stereocenters. The van der Waals surface area contributed by atoms with Gasteiger partial charge in [0.25, 0.3) is 0 Å². The number of alkyl halides is 3. The number of hydrogen-bond acceptors (Lipinski definition) is 4. The van der Waals surface area contributed by atoms with E-state index >= 15 is 0 Å². The first kappa shape index (κ1) is 14.8. The summed E-state index contributed by atoms with van der Waals surface area (Å²) in [5.41, 5.74) is -0.701. The fourth-order valence-electron chi connectivity index (χ4n) is 3.34. The molecule has 1 N–H and O–H groups in total. The average Bonchev–Trinajstić information content (AvgIpc) is 2.82. The van der Waals surface area contributed by atoms with Crippen molar-refractivity contribution in [3.63, 3.8) is 0 Å².